The Kier molecular flexibility index (Phi) is 71.2. The predicted molar refractivity (Wildman–Crippen MR) is 475 cm³/mol. The molecule has 0 bridgehead atoms. The van der Waals surface area contributed by atoms with Crippen molar-refractivity contribution in [2.24, 2.45) is 0 Å². The maximum Gasteiger partial charge on any atom is 0.220 e. The average molecular weight is 1660 g/mol. The van der Waals surface area contributed by atoms with Gasteiger partial charge in [0.05, 0.1) is 38.6 Å². The van der Waals surface area contributed by atoms with Crippen LogP contribution in [0.1, 0.15) is 412 Å². The second kappa shape index (κ2) is 76.8. The van der Waals surface area contributed by atoms with Gasteiger partial charge < -0.3 is 89.9 Å². The molecule has 684 valence electrons. The third kappa shape index (κ3) is 54.6. The van der Waals surface area contributed by atoms with Crippen LogP contribution in [0.3, 0.4) is 0 Å². The van der Waals surface area contributed by atoms with E-state index in [-0.39, 0.29) is 18.9 Å². The molecule has 3 rings (SSSR count). The van der Waals surface area contributed by atoms with Crippen LogP contribution in [0.5, 0.6) is 0 Å². The SMILES string of the molecule is CC/C=C\C/C=C\C/C=C\C/C=C\CCCCCCCCCCCCCCCCCCCCCCCCCCCCCCC(=O)NC(COC1OC(CO)C(OC2OC(CO)C(OC3OC(CO)C(O)C(O)C3O)C(O)C2O)C(O)C1O)C(O)/C=C/CC/C=C/CCCCCCCCCCCCCCCCCCCCCCCCCCC. The van der Waals surface area contributed by atoms with Gasteiger partial charge in [-0.15, -0.1) is 0 Å². The number of allylic oxidation sites excluding steroid dienone is 11. The molecule has 3 saturated heterocycles. The molecule has 0 saturated carbocycles. The summed E-state index contributed by atoms with van der Waals surface area (Å²) in [6, 6.07) is -0.993. The van der Waals surface area contributed by atoms with Crippen molar-refractivity contribution in [2.45, 2.75) is 516 Å². The van der Waals surface area contributed by atoms with Gasteiger partial charge in [0.15, 0.2) is 18.9 Å². The van der Waals surface area contributed by atoms with Crippen molar-refractivity contribution in [1.29, 1.82) is 0 Å². The zero-order valence-corrected chi connectivity index (χ0v) is 74.2. The second-order valence-electron chi connectivity index (χ2n) is 34.5. The maximum atomic E-state index is 13.5. The third-order valence-electron chi connectivity index (χ3n) is 24.0. The summed E-state index contributed by atoms with van der Waals surface area (Å²) >= 11 is 0. The van der Waals surface area contributed by atoms with Crippen LogP contribution in [0, 0.1) is 0 Å². The largest absolute Gasteiger partial charge is 0.394 e. The van der Waals surface area contributed by atoms with Crippen molar-refractivity contribution in [1.82, 2.24) is 5.32 Å². The number of unbranched alkanes of at least 4 members (excludes halogenated alkanes) is 54. The number of hydrogen-bond donors (Lipinski definition) is 12. The fraction of sp³-hybridized carbons (Fsp3) is 0.867. The van der Waals surface area contributed by atoms with Crippen molar-refractivity contribution < 1.29 is 89.4 Å². The lowest BCUT2D eigenvalue weighted by Gasteiger charge is -2.48. The van der Waals surface area contributed by atoms with Crippen molar-refractivity contribution in [3.05, 3.63) is 72.9 Å². The summed E-state index contributed by atoms with van der Waals surface area (Å²) in [5, 5.41) is 121. The van der Waals surface area contributed by atoms with Crippen LogP contribution in [0.2, 0.25) is 0 Å². The van der Waals surface area contributed by atoms with Crippen LogP contribution in [-0.4, -0.2) is 193 Å². The fourth-order valence-electron chi connectivity index (χ4n) is 16.3. The Morgan fingerprint density at radius 1 is 0.316 bits per heavy atom. The summed E-state index contributed by atoms with van der Waals surface area (Å²) in [7, 11) is 0. The molecule has 3 aliphatic heterocycles. The minimum atomic E-state index is -1.98. The van der Waals surface area contributed by atoms with E-state index in [9.17, 15) is 61.0 Å². The molecule has 117 heavy (non-hydrogen) atoms. The molecule has 19 heteroatoms. The molecule has 3 fully saturated rings. The zero-order chi connectivity index (χ0) is 84.5. The van der Waals surface area contributed by atoms with Crippen LogP contribution in [0.15, 0.2) is 72.9 Å². The highest BCUT2D eigenvalue weighted by molar-refractivity contribution is 5.76. The Hall–Kier alpha value is -2.77. The Morgan fingerprint density at radius 3 is 0.957 bits per heavy atom. The third-order valence-corrected chi connectivity index (χ3v) is 24.0. The second-order valence-corrected chi connectivity index (χ2v) is 34.5. The zero-order valence-electron chi connectivity index (χ0n) is 74.2. The number of rotatable bonds is 80. The van der Waals surface area contributed by atoms with Gasteiger partial charge in [-0.05, 0) is 70.6 Å². The Balaban J connectivity index is 1.29. The van der Waals surface area contributed by atoms with E-state index in [4.69, 9.17) is 28.4 Å². The number of nitrogens with one attached hydrogen (secondary N) is 1. The van der Waals surface area contributed by atoms with Gasteiger partial charge in [-0.2, -0.15) is 0 Å². The topological polar surface area (TPSA) is 307 Å². The normalized spacial score (nSPS) is 24.7. The molecule has 12 N–H and O–H groups in total. The van der Waals surface area contributed by atoms with Crippen molar-refractivity contribution in [3.8, 4) is 0 Å². The standard InChI is InChI=1S/C98H179NO18/c1-3-5-7-9-11-13-15-17-19-21-23-25-27-29-31-33-35-36-37-38-39-40-41-42-43-44-46-48-50-52-54-56-58-60-62-64-66-68-70-72-74-76-86(104)99-81(82(103)75-73-71-69-67-65-63-61-59-57-55-53-51-49-47-45-34-32-30-28-26-24-22-20-18-16-14-12-10-8-6-4-2)80-112-96-92(110)89(107)94(84(78-101)114-96)117-98-93(111)90(108)95(85(79-102)115-98)116-97-91(109)88(106)87(105)83(77-100)113-97/h5,7,11,13,17,19,23,25,65,67,73,75,81-85,87-98,100-103,105-111H,3-4,6,8-10,12,14-16,18,20-22,24,26-64,66,68-72,74,76-80H2,1-2H3,(H,99,104)/b7-5-,13-11-,19-17-,25-23-,67-65+,75-73+. The van der Waals surface area contributed by atoms with Gasteiger partial charge in [-0.3, -0.25) is 4.79 Å². The highest BCUT2D eigenvalue weighted by Gasteiger charge is 2.54. The molecular formula is C98H179NO18. The molecule has 3 aliphatic rings. The molecule has 19 nitrogen and oxygen atoms in total. The summed E-state index contributed by atoms with van der Waals surface area (Å²) in [6.45, 7) is 1.67. The summed E-state index contributed by atoms with van der Waals surface area (Å²) < 4.78 is 34.6. The van der Waals surface area contributed by atoms with E-state index in [0.29, 0.717) is 12.8 Å². The van der Waals surface area contributed by atoms with E-state index < -0.39 is 124 Å². The van der Waals surface area contributed by atoms with E-state index in [1.807, 2.05) is 6.08 Å². The van der Waals surface area contributed by atoms with Gasteiger partial charge in [-0.1, -0.05) is 408 Å². The van der Waals surface area contributed by atoms with Gasteiger partial charge in [0, 0.05) is 6.42 Å². The quantitative estimate of drug-likeness (QED) is 0.0199. The van der Waals surface area contributed by atoms with Crippen molar-refractivity contribution >= 4 is 5.91 Å². The van der Waals surface area contributed by atoms with Crippen LogP contribution in [0.4, 0.5) is 0 Å². The number of aliphatic hydroxyl groups is 11. The summed E-state index contributed by atoms with van der Waals surface area (Å²) in [4.78, 5) is 13.5. The molecule has 0 spiro atoms. The average Bonchev–Trinajstić information content (AvgIpc) is 0.778. The number of amides is 1. The highest BCUT2D eigenvalue weighted by atomic mass is 16.8. The van der Waals surface area contributed by atoms with Crippen LogP contribution >= 0.6 is 0 Å². The van der Waals surface area contributed by atoms with Gasteiger partial charge in [-0.25, -0.2) is 0 Å². The Bertz CT molecular complexity index is 2390. The van der Waals surface area contributed by atoms with E-state index >= 15 is 0 Å². The van der Waals surface area contributed by atoms with Crippen LogP contribution < -0.4 is 5.32 Å². The van der Waals surface area contributed by atoms with E-state index in [1.165, 1.54) is 315 Å². The first-order valence-electron chi connectivity index (χ1n) is 48.7. The molecular weight excluding hydrogens is 1480 g/mol. The number of carbonyl (C=O) groups excluding carboxylic acids is 1. The minimum absolute atomic E-state index is 0.238. The Labute approximate surface area is 712 Å². The number of hydrogen-bond acceptors (Lipinski definition) is 18. The molecule has 0 aromatic rings. The number of ether oxygens (including phenoxy) is 6. The number of aliphatic hydroxyl groups excluding tert-OH is 11. The molecule has 0 radical (unpaired) electrons. The molecule has 0 aliphatic carbocycles. The van der Waals surface area contributed by atoms with Crippen LogP contribution in [0.25, 0.3) is 0 Å². The fourth-order valence-corrected chi connectivity index (χ4v) is 16.3. The first-order valence-corrected chi connectivity index (χ1v) is 48.7. The van der Waals surface area contributed by atoms with E-state index in [1.54, 1.807) is 6.08 Å². The molecule has 17 atom stereocenters. The first kappa shape index (κ1) is 108. The minimum Gasteiger partial charge on any atom is -0.394 e. The molecule has 17 unspecified atom stereocenters. The molecule has 3 heterocycles. The smallest absolute Gasteiger partial charge is 0.220 e. The molecule has 0 aromatic heterocycles. The predicted octanol–water partition coefficient (Wildman–Crippen LogP) is 19.9. The summed E-state index contributed by atoms with van der Waals surface area (Å²) in [5.41, 5.74) is 0. The van der Waals surface area contributed by atoms with E-state index in [2.05, 4.69) is 79.9 Å². The van der Waals surface area contributed by atoms with Gasteiger partial charge in [0.2, 0.25) is 5.91 Å². The van der Waals surface area contributed by atoms with Crippen molar-refractivity contribution in [2.75, 3.05) is 26.4 Å². The summed E-state index contributed by atoms with van der Waals surface area (Å²) in [6.07, 6.45) is 78.0. The summed E-state index contributed by atoms with van der Waals surface area (Å²) in [5.74, 6) is -0.277. The lowest BCUT2D eigenvalue weighted by Crippen LogP contribution is -2.66. The lowest BCUT2D eigenvalue weighted by atomic mass is 9.96. The maximum absolute atomic E-state index is 13.5. The van der Waals surface area contributed by atoms with Gasteiger partial charge >= 0.3 is 0 Å². The monoisotopic (exact) mass is 1660 g/mol. The molecule has 0 aromatic carbocycles. The lowest BCUT2D eigenvalue weighted by molar-refractivity contribution is -0.379. The van der Waals surface area contributed by atoms with Gasteiger partial charge in [0.25, 0.3) is 0 Å². The van der Waals surface area contributed by atoms with E-state index in [0.717, 1.165) is 64.2 Å². The Morgan fingerprint density at radius 2 is 0.598 bits per heavy atom. The highest BCUT2D eigenvalue weighted by Crippen LogP contribution is 2.34. The first-order chi connectivity index (χ1) is 57.3. The van der Waals surface area contributed by atoms with Crippen LogP contribution in [-0.2, 0) is 33.2 Å². The van der Waals surface area contributed by atoms with Crippen molar-refractivity contribution in [3.63, 3.8) is 0 Å². The molecule has 1 amide bonds. The number of carbonyl (C=O) groups is 1. The van der Waals surface area contributed by atoms with Gasteiger partial charge in [0.1, 0.15) is 73.2 Å².